The Morgan fingerprint density at radius 2 is 1.78 bits per heavy atom. The minimum Gasteiger partial charge on any atom is -0.339 e. The van der Waals surface area contributed by atoms with E-state index in [-0.39, 0.29) is 24.1 Å². The van der Waals surface area contributed by atoms with Crippen molar-refractivity contribution in [1.82, 2.24) is 9.47 Å². The molecule has 0 unspecified atom stereocenters. The van der Waals surface area contributed by atoms with Crippen LogP contribution in [0, 0.1) is 10.1 Å². The first-order valence-electron chi connectivity index (χ1n) is 8.68. The summed E-state index contributed by atoms with van der Waals surface area (Å²) in [5.41, 5.74) is 2.73. The van der Waals surface area contributed by atoms with Crippen molar-refractivity contribution >= 4 is 11.6 Å². The lowest BCUT2D eigenvalue weighted by Gasteiger charge is -2.25. The molecule has 0 saturated heterocycles. The van der Waals surface area contributed by atoms with E-state index in [4.69, 9.17) is 0 Å². The fourth-order valence-electron chi connectivity index (χ4n) is 2.93. The molecular weight excluding hydrogens is 342 g/mol. The Hall–Kier alpha value is -3.41. The van der Waals surface area contributed by atoms with Crippen LogP contribution in [0.3, 0.4) is 0 Å². The number of nitro groups is 1. The number of rotatable bonds is 6. The third-order valence-electron chi connectivity index (χ3n) is 4.73. The lowest BCUT2D eigenvalue weighted by molar-refractivity contribution is -0.384. The van der Waals surface area contributed by atoms with Crippen molar-refractivity contribution in [2.45, 2.75) is 19.4 Å². The van der Waals surface area contributed by atoms with Crippen LogP contribution in [0.2, 0.25) is 0 Å². The number of amides is 1. The monoisotopic (exact) mass is 363 g/mol. The van der Waals surface area contributed by atoms with Crippen molar-refractivity contribution in [2.24, 2.45) is 0 Å². The quantitative estimate of drug-likeness (QED) is 0.488. The summed E-state index contributed by atoms with van der Waals surface area (Å²) in [6.07, 6.45) is 4.21. The highest BCUT2D eigenvalue weighted by Gasteiger charge is 2.19. The highest BCUT2D eigenvalue weighted by molar-refractivity contribution is 5.79. The average Bonchev–Trinajstić information content (AvgIpc) is 3.22. The topological polar surface area (TPSA) is 68.4 Å². The van der Waals surface area contributed by atoms with E-state index in [0.717, 1.165) is 16.8 Å². The molecule has 0 aliphatic carbocycles. The minimum atomic E-state index is -0.426. The molecular formula is C21H21N3O3. The van der Waals surface area contributed by atoms with E-state index in [0.29, 0.717) is 0 Å². The number of hydrogen-bond acceptors (Lipinski definition) is 3. The van der Waals surface area contributed by atoms with Gasteiger partial charge >= 0.3 is 0 Å². The minimum absolute atomic E-state index is 0.0285. The number of non-ortho nitro benzene ring substituents is 1. The second-order valence-electron chi connectivity index (χ2n) is 6.47. The molecule has 0 saturated carbocycles. The molecule has 0 N–H and O–H groups in total. The first kappa shape index (κ1) is 18.4. The zero-order chi connectivity index (χ0) is 19.4. The van der Waals surface area contributed by atoms with Gasteiger partial charge in [-0.2, -0.15) is 0 Å². The van der Waals surface area contributed by atoms with Crippen LogP contribution in [0.5, 0.6) is 0 Å². The number of carbonyl (C=O) groups excluding carboxylic acids is 1. The van der Waals surface area contributed by atoms with Gasteiger partial charge in [-0.1, -0.05) is 24.3 Å². The lowest BCUT2D eigenvalue weighted by atomic mass is 10.1. The molecule has 1 aromatic heterocycles. The van der Waals surface area contributed by atoms with Gasteiger partial charge in [0.05, 0.1) is 17.4 Å². The van der Waals surface area contributed by atoms with Crippen LogP contribution >= 0.6 is 0 Å². The Morgan fingerprint density at radius 3 is 2.41 bits per heavy atom. The van der Waals surface area contributed by atoms with Gasteiger partial charge in [0.25, 0.3) is 5.69 Å². The smallest absolute Gasteiger partial charge is 0.269 e. The average molecular weight is 363 g/mol. The van der Waals surface area contributed by atoms with Crippen LogP contribution in [-0.4, -0.2) is 27.3 Å². The van der Waals surface area contributed by atoms with E-state index in [1.165, 1.54) is 12.1 Å². The van der Waals surface area contributed by atoms with Crippen LogP contribution < -0.4 is 0 Å². The van der Waals surface area contributed by atoms with Crippen LogP contribution in [0.25, 0.3) is 5.69 Å². The largest absolute Gasteiger partial charge is 0.339 e. The van der Waals surface area contributed by atoms with Crippen molar-refractivity contribution in [3.63, 3.8) is 0 Å². The highest BCUT2D eigenvalue weighted by atomic mass is 16.6. The van der Waals surface area contributed by atoms with Crippen LogP contribution in [0.4, 0.5) is 5.69 Å². The number of carbonyl (C=O) groups is 1. The van der Waals surface area contributed by atoms with Gasteiger partial charge in [-0.25, -0.2) is 0 Å². The Bertz CT molecular complexity index is 934. The Labute approximate surface area is 157 Å². The number of nitrogens with zero attached hydrogens (tertiary/aromatic N) is 3. The molecule has 27 heavy (non-hydrogen) atoms. The number of hydrogen-bond donors (Lipinski definition) is 0. The van der Waals surface area contributed by atoms with Gasteiger partial charge in [0.15, 0.2) is 0 Å². The third-order valence-corrected chi connectivity index (χ3v) is 4.73. The maximum atomic E-state index is 12.6. The van der Waals surface area contributed by atoms with Gasteiger partial charge in [0.1, 0.15) is 0 Å². The molecule has 6 nitrogen and oxygen atoms in total. The number of nitro benzene ring substituents is 1. The molecule has 1 amide bonds. The molecule has 0 spiro atoms. The van der Waals surface area contributed by atoms with Gasteiger partial charge in [-0.3, -0.25) is 14.9 Å². The van der Waals surface area contributed by atoms with Crippen LogP contribution in [0.15, 0.2) is 73.1 Å². The van der Waals surface area contributed by atoms with E-state index in [1.54, 1.807) is 24.1 Å². The number of likely N-dealkylation sites (N-methyl/N-ethyl adjacent to an activating group) is 1. The molecule has 0 fully saturated rings. The van der Waals surface area contributed by atoms with Gasteiger partial charge in [-0.15, -0.1) is 0 Å². The molecule has 0 bridgehead atoms. The van der Waals surface area contributed by atoms with E-state index in [1.807, 2.05) is 60.3 Å². The molecule has 138 valence electrons. The van der Waals surface area contributed by atoms with E-state index in [2.05, 4.69) is 0 Å². The molecule has 3 aromatic rings. The highest BCUT2D eigenvalue weighted by Crippen LogP contribution is 2.23. The summed E-state index contributed by atoms with van der Waals surface area (Å²) in [7, 11) is 1.72. The van der Waals surface area contributed by atoms with Crippen molar-refractivity contribution in [3.05, 3.63) is 94.3 Å². The van der Waals surface area contributed by atoms with Crippen molar-refractivity contribution in [3.8, 4) is 5.69 Å². The predicted molar refractivity (Wildman–Crippen MR) is 104 cm³/mol. The standard InChI is InChI=1S/C21H21N3O3/c1-16(18-6-5-7-20(15-18)24(26)27)22(2)21(25)14-17-8-10-19(11-9-17)23-12-3-4-13-23/h3-13,15-16H,14H2,1-2H3/t16-/m0/s1. The number of benzene rings is 2. The van der Waals surface area contributed by atoms with Crippen molar-refractivity contribution in [1.29, 1.82) is 0 Å². The van der Waals surface area contributed by atoms with E-state index >= 15 is 0 Å². The molecule has 0 aliphatic rings. The summed E-state index contributed by atoms with van der Waals surface area (Å²) >= 11 is 0. The molecule has 6 heteroatoms. The maximum absolute atomic E-state index is 12.6. The summed E-state index contributed by atoms with van der Waals surface area (Å²) in [5.74, 6) is -0.0391. The van der Waals surface area contributed by atoms with Gasteiger partial charge in [0.2, 0.25) is 5.91 Å². The summed E-state index contributed by atoms with van der Waals surface area (Å²) in [5, 5.41) is 11.0. The first-order valence-corrected chi connectivity index (χ1v) is 8.68. The van der Waals surface area contributed by atoms with Crippen LogP contribution in [0.1, 0.15) is 24.1 Å². The second-order valence-corrected chi connectivity index (χ2v) is 6.47. The van der Waals surface area contributed by atoms with Gasteiger partial charge < -0.3 is 9.47 Å². The SMILES string of the molecule is C[C@@H](c1cccc([N+](=O)[O-])c1)N(C)C(=O)Cc1ccc(-n2cccc2)cc1. The molecule has 0 aliphatic heterocycles. The number of aromatic nitrogens is 1. The lowest BCUT2D eigenvalue weighted by Crippen LogP contribution is -2.31. The first-order chi connectivity index (χ1) is 13.0. The van der Waals surface area contributed by atoms with E-state index in [9.17, 15) is 14.9 Å². The van der Waals surface area contributed by atoms with E-state index < -0.39 is 4.92 Å². The Kier molecular flexibility index (Phi) is 5.35. The van der Waals surface area contributed by atoms with Gasteiger partial charge in [0, 0.05) is 37.3 Å². The molecule has 1 atom stereocenters. The normalized spacial score (nSPS) is 11.8. The van der Waals surface area contributed by atoms with Gasteiger partial charge in [-0.05, 0) is 42.3 Å². The van der Waals surface area contributed by atoms with Crippen LogP contribution in [-0.2, 0) is 11.2 Å². The van der Waals surface area contributed by atoms with Crippen molar-refractivity contribution < 1.29 is 9.72 Å². The second kappa shape index (κ2) is 7.86. The fraction of sp³-hybridized carbons (Fsp3) is 0.190. The third kappa shape index (κ3) is 4.23. The van der Waals surface area contributed by atoms with Crippen molar-refractivity contribution in [2.75, 3.05) is 7.05 Å². The summed E-state index contributed by atoms with van der Waals surface area (Å²) < 4.78 is 2.00. The summed E-state index contributed by atoms with van der Waals surface area (Å²) in [4.78, 5) is 24.8. The summed E-state index contributed by atoms with van der Waals surface area (Å²) in [6.45, 7) is 1.87. The zero-order valence-electron chi connectivity index (χ0n) is 15.3. The molecule has 3 rings (SSSR count). The summed E-state index contributed by atoms with van der Waals surface area (Å²) in [6, 6.07) is 17.9. The predicted octanol–water partition coefficient (Wildman–Crippen LogP) is 4.15. The molecule has 2 aromatic carbocycles. The zero-order valence-corrected chi connectivity index (χ0v) is 15.3. The Morgan fingerprint density at radius 1 is 1.11 bits per heavy atom. The fourth-order valence-corrected chi connectivity index (χ4v) is 2.93. The molecule has 0 radical (unpaired) electrons. The Balaban J connectivity index is 1.68. The molecule has 1 heterocycles. The maximum Gasteiger partial charge on any atom is 0.269 e.